The number of nitrogens with two attached hydrogens (primary N) is 1. The van der Waals surface area contributed by atoms with Crippen molar-refractivity contribution in [2.24, 2.45) is 5.73 Å². The van der Waals surface area contributed by atoms with Crippen molar-refractivity contribution in [1.29, 1.82) is 0 Å². The van der Waals surface area contributed by atoms with E-state index in [0.29, 0.717) is 43.7 Å². The monoisotopic (exact) mass is 451 g/mol. The Morgan fingerprint density at radius 3 is 2.70 bits per heavy atom. The molecule has 4 rings (SSSR count). The standard InChI is InChI=1S/C25H27F2N5O/c26-20-12-17(13-21(27)14-20)3-2-6-24-30-8-7-22(31-24)19-5-1-4-18(11-19)16-32-10-9-29-15-23(32)25(28)33/h1,4-5,7-8,11-14,23,29H,2-3,6,9-10,15-16H2,(H2,28,33). The Morgan fingerprint density at radius 2 is 1.91 bits per heavy atom. The summed E-state index contributed by atoms with van der Waals surface area (Å²) in [7, 11) is 0. The topological polar surface area (TPSA) is 84.1 Å². The Bertz CT molecular complexity index is 1100. The molecule has 1 aromatic heterocycles. The van der Waals surface area contributed by atoms with Gasteiger partial charge in [0.2, 0.25) is 5.91 Å². The molecule has 2 aromatic carbocycles. The molecule has 8 heteroatoms. The summed E-state index contributed by atoms with van der Waals surface area (Å²) in [5, 5.41) is 3.21. The van der Waals surface area contributed by atoms with Crippen LogP contribution in [0.15, 0.2) is 54.7 Å². The van der Waals surface area contributed by atoms with Gasteiger partial charge in [-0.25, -0.2) is 18.7 Å². The Kier molecular flexibility index (Phi) is 7.36. The summed E-state index contributed by atoms with van der Waals surface area (Å²) in [6.07, 6.45) is 3.56. The second-order valence-electron chi connectivity index (χ2n) is 8.28. The van der Waals surface area contributed by atoms with E-state index in [2.05, 4.69) is 26.3 Å². The molecule has 2 heterocycles. The third-order valence-corrected chi connectivity index (χ3v) is 5.78. The maximum atomic E-state index is 13.4. The molecule has 0 radical (unpaired) electrons. The summed E-state index contributed by atoms with van der Waals surface area (Å²) in [5.41, 5.74) is 9.04. The number of aryl methyl sites for hydroxylation is 2. The number of hydrogen-bond acceptors (Lipinski definition) is 5. The molecule has 3 aromatic rings. The Balaban J connectivity index is 1.42. The molecule has 1 saturated heterocycles. The molecular weight excluding hydrogens is 424 g/mol. The number of halogens is 2. The molecule has 172 valence electrons. The van der Waals surface area contributed by atoms with Gasteiger partial charge in [-0.15, -0.1) is 0 Å². The van der Waals surface area contributed by atoms with Gasteiger partial charge in [0.05, 0.1) is 5.69 Å². The lowest BCUT2D eigenvalue weighted by Gasteiger charge is -2.34. The van der Waals surface area contributed by atoms with Gasteiger partial charge in [-0.2, -0.15) is 0 Å². The van der Waals surface area contributed by atoms with Crippen molar-refractivity contribution in [2.45, 2.75) is 31.8 Å². The largest absolute Gasteiger partial charge is 0.368 e. The molecular formula is C25H27F2N5O. The van der Waals surface area contributed by atoms with Crippen molar-refractivity contribution < 1.29 is 13.6 Å². The molecule has 1 fully saturated rings. The summed E-state index contributed by atoms with van der Waals surface area (Å²) in [6.45, 7) is 2.77. The molecule has 1 aliphatic heterocycles. The number of rotatable bonds is 8. The first kappa shape index (κ1) is 22.9. The second kappa shape index (κ2) is 10.6. The molecule has 0 aliphatic carbocycles. The minimum absolute atomic E-state index is 0.320. The first-order valence-electron chi connectivity index (χ1n) is 11.1. The van der Waals surface area contributed by atoms with E-state index in [1.54, 1.807) is 6.20 Å². The normalized spacial score (nSPS) is 16.6. The van der Waals surface area contributed by atoms with Crippen molar-refractivity contribution in [3.05, 3.63) is 83.3 Å². The molecule has 1 atom stereocenters. The molecule has 33 heavy (non-hydrogen) atoms. The third-order valence-electron chi connectivity index (χ3n) is 5.78. The Hall–Kier alpha value is -3.23. The predicted octanol–water partition coefficient (Wildman–Crippen LogP) is 2.86. The number of piperazine rings is 1. The first-order valence-corrected chi connectivity index (χ1v) is 11.1. The number of primary amides is 1. The number of benzene rings is 2. The zero-order valence-electron chi connectivity index (χ0n) is 18.3. The van der Waals surface area contributed by atoms with E-state index in [4.69, 9.17) is 5.73 Å². The maximum Gasteiger partial charge on any atom is 0.236 e. The van der Waals surface area contributed by atoms with Crippen molar-refractivity contribution in [1.82, 2.24) is 20.2 Å². The van der Waals surface area contributed by atoms with Gasteiger partial charge in [0.15, 0.2) is 0 Å². The number of carbonyl (C=O) groups is 1. The number of aromatic nitrogens is 2. The molecule has 0 spiro atoms. The van der Waals surface area contributed by atoms with Crippen LogP contribution in [0.1, 0.15) is 23.4 Å². The molecule has 1 aliphatic rings. The summed E-state index contributed by atoms with van der Waals surface area (Å²) in [5.74, 6) is -0.761. The van der Waals surface area contributed by atoms with Gasteiger partial charge in [0.1, 0.15) is 23.5 Å². The van der Waals surface area contributed by atoms with Crippen molar-refractivity contribution in [2.75, 3.05) is 19.6 Å². The van der Waals surface area contributed by atoms with Crippen LogP contribution in [0, 0.1) is 11.6 Å². The summed E-state index contributed by atoms with van der Waals surface area (Å²) in [6, 6.07) is 13.2. The number of carbonyl (C=O) groups excluding carboxylic acids is 1. The smallest absolute Gasteiger partial charge is 0.236 e. The van der Waals surface area contributed by atoms with Crippen LogP contribution in [0.5, 0.6) is 0 Å². The van der Waals surface area contributed by atoms with Crippen molar-refractivity contribution in [3.63, 3.8) is 0 Å². The Labute approximate surface area is 191 Å². The fourth-order valence-corrected chi connectivity index (χ4v) is 4.17. The lowest BCUT2D eigenvalue weighted by atomic mass is 10.1. The van der Waals surface area contributed by atoms with Gasteiger partial charge in [-0.3, -0.25) is 9.69 Å². The summed E-state index contributed by atoms with van der Waals surface area (Å²) < 4.78 is 26.7. The van der Waals surface area contributed by atoms with Crippen LogP contribution >= 0.6 is 0 Å². The van der Waals surface area contributed by atoms with Gasteiger partial charge < -0.3 is 11.1 Å². The van der Waals surface area contributed by atoms with Gasteiger partial charge in [-0.1, -0.05) is 18.2 Å². The Morgan fingerprint density at radius 1 is 1.09 bits per heavy atom. The molecule has 0 bridgehead atoms. The highest BCUT2D eigenvalue weighted by Gasteiger charge is 2.26. The van der Waals surface area contributed by atoms with E-state index in [0.717, 1.165) is 36.0 Å². The number of hydrogen-bond donors (Lipinski definition) is 2. The van der Waals surface area contributed by atoms with Crippen LogP contribution in [-0.2, 0) is 24.2 Å². The van der Waals surface area contributed by atoms with Gasteiger partial charge >= 0.3 is 0 Å². The quantitative estimate of drug-likeness (QED) is 0.550. The van der Waals surface area contributed by atoms with Crippen LogP contribution in [0.2, 0.25) is 0 Å². The van der Waals surface area contributed by atoms with E-state index in [1.165, 1.54) is 12.1 Å². The molecule has 1 amide bonds. The second-order valence-corrected chi connectivity index (χ2v) is 8.28. The van der Waals surface area contributed by atoms with Crippen LogP contribution < -0.4 is 11.1 Å². The minimum Gasteiger partial charge on any atom is -0.368 e. The van der Waals surface area contributed by atoms with E-state index < -0.39 is 11.6 Å². The van der Waals surface area contributed by atoms with E-state index >= 15 is 0 Å². The van der Waals surface area contributed by atoms with Gasteiger partial charge in [0, 0.05) is 50.4 Å². The highest BCUT2D eigenvalue weighted by Crippen LogP contribution is 2.20. The highest BCUT2D eigenvalue weighted by molar-refractivity contribution is 5.80. The number of nitrogens with zero attached hydrogens (tertiary/aromatic N) is 3. The fraction of sp³-hybridized carbons (Fsp3) is 0.320. The fourth-order valence-electron chi connectivity index (χ4n) is 4.17. The van der Waals surface area contributed by atoms with Gasteiger partial charge in [-0.05, 0) is 48.2 Å². The predicted molar refractivity (Wildman–Crippen MR) is 122 cm³/mol. The lowest BCUT2D eigenvalue weighted by molar-refractivity contribution is -0.124. The lowest BCUT2D eigenvalue weighted by Crippen LogP contribution is -2.56. The molecule has 3 N–H and O–H groups in total. The van der Waals surface area contributed by atoms with Crippen LogP contribution in [0.3, 0.4) is 0 Å². The zero-order chi connectivity index (χ0) is 23.2. The van der Waals surface area contributed by atoms with Crippen LogP contribution in [0.25, 0.3) is 11.3 Å². The van der Waals surface area contributed by atoms with Crippen LogP contribution in [-0.4, -0.2) is 46.5 Å². The number of amides is 1. The highest BCUT2D eigenvalue weighted by atomic mass is 19.1. The van der Waals surface area contributed by atoms with Crippen molar-refractivity contribution >= 4 is 5.91 Å². The molecule has 6 nitrogen and oxygen atoms in total. The van der Waals surface area contributed by atoms with E-state index in [-0.39, 0.29) is 11.9 Å². The first-order chi connectivity index (χ1) is 16.0. The van der Waals surface area contributed by atoms with E-state index in [1.807, 2.05) is 24.3 Å². The SMILES string of the molecule is NC(=O)C1CNCCN1Cc1cccc(-c2ccnc(CCCc3cc(F)cc(F)c3)n2)c1. The minimum atomic E-state index is -0.564. The zero-order valence-corrected chi connectivity index (χ0v) is 18.3. The average Bonchev–Trinajstić information content (AvgIpc) is 2.79. The third kappa shape index (κ3) is 6.18. The van der Waals surface area contributed by atoms with Gasteiger partial charge in [0.25, 0.3) is 0 Å². The van der Waals surface area contributed by atoms with E-state index in [9.17, 15) is 13.6 Å². The maximum absolute atomic E-state index is 13.4. The molecule has 0 saturated carbocycles. The molecule has 1 unspecified atom stereocenters. The average molecular weight is 452 g/mol. The van der Waals surface area contributed by atoms with Crippen molar-refractivity contribution in [3.8, 4) is 11.3 Å². The van der Waals surface area contributed by atoms with Crippen LogP contribution in [0.4, 0.5) is 8.78 Å². The number of nitrogens with one attached hydrogen (secondary N) is 1. The summed E-state index contributed by atoms with van der Waals surface area (Å²) >= 11 is 0. The summed E-state index contributed by atoms with van der Waals surface area (Å²) in [4.78, 5) is 22.9.